The maximum absolute atomic E-state index is 12.4. The fourth-order valence-electron chi connectivity index (χ4n) is 2.07. The second-order valence-electron chi connectivity index (χ2n) is 4.82. The van der Waals surface area contributed by atoms with Crippen LogP contribution >= 0.6 is 15.9 Å². The van der Waals surface area contributed by atoms with E-state index < -0.39 is 10.2 Å². The lowest BCUT2D eigenvalue weighted by molar-refractivity contribution is 0.0694. The van der Waals surface area contributed by atoms with E-state index in [2.05, 4.69) is 20.9 Å². The van der Waals surface area contributed by atoms with E-state index in [1.54, 1.807) is 23.2 Å². The fraction of sp³-hybridized carbons (Fsp3) is 0.500. The number of carbonyl (C=O) groups excluding carboxylic acids is 1. The fourth-order valence-corrected chi connectivity index (χ4v) is 3.58. The van der Waals surface area contributed by atoms with E-state index in [1.807, 2.05) is 0 Å². The molecule has 21 heavy (non-hydrogen) atoms. The molecule has 1 aliphatic heterocycles. The molecule has 1 aromatic rings. The van der Waals surface area contributed by atoms with Crippen molar-refractivity contribution in [1.29, 1.82) is 0 Å². The molecule has 1 fully saturated rings. The van der Waals surface area contributed by atoms with Crippen LogP contribution in [0.5, 0.6) is 0 Å². The van der Waals surface area contributed by atoms with Crippen LogP contribution in [0, 0.1) is 0 Å². The molecule has 1 aromatic heterocycles. The second-order valence-corrected chi connectivity index (χ2v) is 7.72. The van der Waals surface area contributed by atoms with Crippen LogP contribution in [0.25, 0.3) is 0 Å². The zero-order valence-corrected chi connectivity index (χ0v) is 14.3. The molecule has 0 N–H and O–H groups in total. The number of rotatable bonds is 3. The van der Waals surface area contributed by atoms with Crippen LogP contribution in [-0.2, 0) is 10.2 Å². The Bertz CT molecular complexity index is 627. The molecule has 1 amide bonds. The molecule has 0 aromatic carbocycles. The van der Waals surface area contributed by atoms with Crippen LogP contribution in [0.3, 0.4) is 0 Å². The molecule has 0 aliphatic carbocycles. The summed E-state index contributed by atoms with van der Waals surface area (Å²) in [6, 6.07) is 3.40. The molecular weight excluding hydrogens is 360 g/mol. The van der Waals surface area contributed by atoms with Crippen molar-refractivity contribution in [2.24, 2.45) is 0 Å². The minimum Gasteiger partial charge on any atom is -0.336 e. The van der Waals surface area contributed by atoms with Crippen molar-refractivity contribution < 1.29 is 13.2 Å². The molecule has 9 heteroatoms. The van der Waals surface area contributed by atoms with Gasteiger partial charge in [0, 0.05) is 46.5 Å². The molecule has 1 saturated heterocycles. The Morgan fingerprint density at radius 1 is 1.29 bits per heavy atom. The van der Waals surface area contributed by atoms with Gasteiger partial charge in [-0.3, -0.25) is 4.79 Å². The van der Waals surface area contributed by atoms with Gasteiger partial charge < -0.3 is 4.90 Å². The third kappa shape index (κ3) is 3.42. The highest BCUT2D eigenvalue weighted by atomic mass is 79.9. The van der Waals surface area contributed by atoms with Crippen LogP contribution < -0.4 is 0 Å². The van der Waals surface area contributed by atoms with Crippen molar-refractivity contribution in [1.82, 2.24) is 18.5 Å². The summed E-state index contributed by atoms with van der Waals surface area (Å²) in [5.74, 6) is -0.142. The van der Waals surface area contributed by atoms with Crippen molar-refractivity contribution in [3.8, 4) is 0 Å². The Balaban J connectivity index is 2.05. The van der Waals surface area contributed by atoms with E-state index >= 15 is 0 Å². The first-order valence-electron chi connectivity index (χ1n) is 6.41. The first-order valence-corrected chi connectivity index (χ1v) is 8.60. The van der Waals surface area contributed by atoms with E-state index in [0.717, 1.165) is 0 Å². The highest BCUT2D eigenvalue weighted by molar-refractivity contribution is 9.10. The van der Waals surface area contributed by atoms with Gasteiger partial charge >= 0.3 is 0 Å². The molecule has 0 bridgehead atoms. The Kier molecular flexibility index (Phi) is 4.97. The Labute approximate surface area is 132 Å². The summed E-state index contributed by atoms with van der Waals surface area (Å²) < 4.78 is 27.1. The lowest BCUT2D eigenvalue weighted by Crippen LogP contribution is -2.53. The Hall–Kier alpha value is -1.03. The number of hydrogen-bond donors (Lipinski definition) is 0. The Morgan fingerprint density at radius 2 is 1.90 bits per heavy atom. The summed E-state index contributed by atoms with van der Waals surface area (Å²) in [4.78, 5) is 18.1. The lowest BCUT2D eigenvalue weighted by Gasteiger charge is -2.35. The minimum atomic E-state index is -3.41. The highest BCUT2D eigenvalue weighted by Crippen LogP contribution is 2.17. The van der Waals surface area contributed by atoms with Crippen molar-refractivity contribution in [3.05, 3.63) is 28.5 Å². The molecule has 7 nitrogen and oxygen atoms in total. The van der Waals surface area contributed by atoms with Gasteiger partial charge in [0.25, 0.3) is 16.1 Å². The summed E-state index contributed by atoms with van der Waals surface area (Å²) in [5.41, 5.74) is 0.487. The number of piperazine rings is 1. The zero-order valence-electron chi connectivity index (χ0n) is 11.9. The molecule has 1 aliphatic rings. The van der Waals surface area contributed by atoms with Gasteiger partial charge in [0.1, 0.15) is 4.60 Å². The van der Waals surface area contributed by atoms with Crippen LogP contribution in [0.2, 0.25) is 0 Å². The second kappa shape index (κ2) is 6.39. The van der Waals surface area contributed by atoms with Gasteiger partial charge in [-0.1, -0.05) is 0 Å². The molecule has 116 valence electrons. The van der Waals surface area contributed by atoms with Crippen LogP contribution in [0.15, 0.2) is 22.9 Å². The van der Waals surface area contributed by atoms with Crippen molar-refractivity contribution in [2.75, 3.05) is 40.3 Å². The first kappa shape index (κ1) is 16.3. The van der Waals surface area contributed by atoms with Gasteiger partial charge in [0.15, 0.2) is 0 Å². The number of pyridine rings is 1. The number of nitrogens with zero attached hydrogens (tertiary/aromatic N) is 4. The monoisotopic (exact) mass is 376 g/mol. The third-order valence-electron chi connectivity index (χ3n) is 3.30. The number of halogens is 1. The first-order chi connectivity index (χ1) is 9.84. The summed E-state index contributed by atoms with van der Waals surface area (Å²) >= 11 is 3.25. The summed E-state index contributed by atoms with van der Waals surface area (Å²) in [6.07, 6.45) is 1.60. The number of hydrogen-bond acceptors (Lipinski definition) is 4. The lowest BCUT2D eigenvalue weighted by atomic mass is 10.2. The molecule has 0 atom stereocenters. The van der Waals surface area contributed by atoms with Crippen LogP contribution in [0.1, 0.15) is 10.4 Å². The average Bonchev–Trinajstić information content (AvgIpc) is 2.47. The van der Waals surface area contributed by atoms with Crippen molar-refractivity contribution in [2.45, 2.75) is 0 Å². The smallest absolute Gasteiger partial charge is 0.281 e. The SMILES string of the molecule is CN(C)S(=O)(=O)N1CCN(C(=O)c2cccnc2Br)CC1. The maximum atomic E-state index is 12.4. The topological polar surface area (TPSA) is 73.8 Å². The van der Waals surface area contributed by atoms with Gasteiger partial charge in [0.2, 0.25) is 0 Å². The van der Waals surface area contributed by atoms with Gasteiger partial charge in [-0.2, -0.15) is 17.0 Å². The highest BCUT2D eigenvalue weighted by Gasteiger charge is 2.30. The average molecular weight is 377 g/mol. The van der Waals surface area contributed by atoms with Crippen LogP contribution in [0.4, 0.5) is 0 Å². The molecule has 0 unspecified atom stereocenters. The predicted octanol–water partition coefficient (Wildman–Crippen LogP) is 0.408. The predicted molar refractivity (Wildman–Crippen MR) is 82.0 cm³/mol. The molecule has 0 radical (unpaired) electrons. The Morgan fingerprint density at radius 3 is 2.43 bits per heavy atom. The summed E-state index contributed by atoms with van der Waals surface area (Å²) in [5, 5.41) is 0. The zero-order chi connectivity index (χ0) is 15.6. The molecular formula is C12H17BrN4O3S. The van der Waals surface area contributed by atoms with Gasteiger partial charge in [-0.05, 0) is 28.1 Å². The molecule has 2 heterocycles. The van der Waals surface area contributed by atoms with Crippen LogP contribution in [-0.4, -0.2) is 73.1 Å². The summed E-state index contributed by atoms with van der Waals surface area (Å²) in [6.45, 7) is 1.33. The number of carbonyl (C=O) groups is 1. The van der Waals surface area contributed by atoms with E-state index in [4.69, 9.17) is 0 Å². The third-order valence-corrected chi connectivity index (χ3v) is 5.88. The number of amides is 1. The van der Waals surface area contributed by atoms with E-state index in [9.17, 15) is 13.2 Å². The van der Waals surface area contributed by atoms with E-state index in [1.165, 1.54) is 22.7 Å². The van der Waals surface area contributed by atoms with Crippen molar-refractivity contribution >= 4 is 32.0 Å². The van der Waals surface area contributed by atoms with E-state index in [0.29, 0.717) is 36.3 Å². The quantitative estimate of drug-likeness (QED) is 0.716. The largest absolute Gasteiger partial charge is 0.336 e. The summed E-state index contributed by atoms with van der Waals surface area (Å²) in [7, 11) is -0.416. The molecule has 0 saturated carbocycles. The van der Waals surface area contributed by atoms with Gasteiger partial charge in [-0.25, -0.2) is 4.98 Å². The minimum absolute atomic E-state index is 0.142. The normalized spacial score (nSPS) is 17.2. The standard InChI is InChI=1S/C12H17BrN4O3S/c1-15(2)21(19,20)17-8-6-16(7-9-17)12(18)10-4-3-5-14-11(10)13/h3-5H,6-9H2,1-2H3. The number of aromatic nitrogens is 1. The molecule has 2 rings (SSSR count). The van der Waals surface area contributed by atoms with E-state index in [-0.39, 0.29) is 5.91 Å². The van der Waals surface area contributed by atoms with Gasteiger partial charge in [-0.15, -0.1) is 0 Å². The molecule has 0 spiro atoms. The maximum Gasteiger partial charge on any atom is 0.281 e. The van der Waals surface area contributed by atoms with Gasteiger partial charge in [0.05, 0.1) is 5.56 Å². The van der Waals surface area contributed by atoms with Crippen molar-refractivity contribution in [3.63, 3.8) is 0 Å².